The van der Waals surface area contributed by atoms with Gasteiger partial charge >= 0.3 is 0 Å². The fraction of sp³-hybridized carbons (Fsp3) is 0.269. The topological polar surface area (TPSA) is 87.5 Å². The molecule has 0 amide bonds. The number of halogens is 1. The van der Waals surface area contributed by atoms with Crippen molar-refractivity contribution in [3.63, 3.8) is 0 Å². The number of fused-ring (bicyclic) bond motifs is 1. The molecule has 0 aliphatic rings. The fourth-order valence-electron chi connectivity index (χ4n) is 3.67. The second-order valence-corrected chi connectivity index (χ2v) is 8.39. The normalized spacial score (nSPS) is 11.1. The summed E-state index contributed by atoms with van der Waals surface area (Å²) >= 11 is 0. The molecule has 2 heterocycles. The van der Waals surface area contributed by atoms with Crippen LogP contribution in [0.5, 0.6) is 23.0 Å². The second kappa shape index (κ2) is 10.0. The summed E-state index contributed by atoms with van der Waals surface area (Å²) in [6.45, 7) is 4.81. The first-order valence-corrected chi connectivity index (χ1v) is 11.1. The number of ether oxygens (including phenoxy) is 3. The van der Waals surface area contributed by atoms with Crippen molar-refractivity contribution in [1.29, 1.82) is 0 Å². The zero-order valence-electron chi connectivity index (χ0n) is 20.3. The number of benzene rings is 2. The maximum atomic E-state index is 15.1. The Morgan fingerprint density at radius 3 is 2.49 bits per heavy atom. The molecule has 0 saturated carbocycles. The first kappa shape index (κ1) is 24.0. The molecule has 0 fully saturated rings. The van der Waals surface area contributed by atoms with Crippen molar-refractivity contribution in [3.05, 3.63) is 65.0 Å². The van der Waals surface area contributed by atoms with E-state index < -0.39 is 5.82 Å². The summed E-state index contributed by atoms with van der Waals surface area (Å²) in [4.78, 5) is 21.6. The van der Waals surface area contributed by atoms with Gasteiger partial charge < -0.3 is 19.5 Å². The van der Waals surface area contributed by atoms with Gasteiger partial charge in [0.05, 0.1) is 19.8 Å². The third-order valence-corrected chi connectivity index (χ3v) is 5.51. The largest absolute Gasteiger partial charge is 0.493 e. The Labute approximate surface area is 202 Å². The lowest BCUT2D eigenvalue weighted by Crippen LogP contribution is -2.24. The first-order chi connectivity index (χ1) is 16.8. The first-order valence-electron chi connectivity index (χ1n) is 11.1. The molecule has 182 valence electrons. The van der Waals surface area contributed by atoms with Crippen LogP contribution in [0.3, 0.4) is 0 Å². The molecule has 2 aromatic carbocycles. The van der Waals surface area contributed by atoms with Gasteiger partial charge in [-0.05, 0) is 41.8 Å². The molecular formula is C26H27FN4O4. The molecule has 9 heteroatoms. The monoisotopic (exact) mass is 478 g/mol. The van der Waals surface area contributed by atoms with Gasteiger partial charge in [-0.1, -0.05) is 19.9 Å². The molecule has 2 aromatic heterocycles. The van der Waals surface area contributed by atoms with Gasteiger partial charge in [-0.3, -0.25) is 14.3 Å². The Hall–Kier alpha value is -4.14. The highest BCUT2D eigenvalue weighted by molar-refractivity contribution is 5.92. The molecule has 0 radical (unpaired) electrons. The molecule has 0 aliphatic carbocycles. The van der Waals surface area contributed by atoms with Gasteiger partial charge in [0.25, 0.3) is 5.56 Å². The van der Waals surface area contributed by atoms with E-state index in [-0.39, 0.29) is 11.3 Å². The summed E-state index contributed by atoms with van der Waals surface area (Å²) in [6.07, 6.45) is 3.01. The van der Waals surface area contributed by atoms with Crippen LogP contribution in [0, 0.1) is 11.7 Å². The quantitative estimate of drug-likeness (QED) is 0.381. The highest BCUT2D eigenvalue weighted by atomic mass is 19.1. The summed E-state index contributed by atoms with van der Waals surface area (Å²) < 4.78 is 33.2. The Morgan fingerprint density at radius 2 is 1.80 bits per heavy atom. The molecule has 4 aromatic rings. The van der Waals surface area contributed by atoms with Gasteiger partial charge in [0.1, 0.15) is 11.3 Å². The Balaban J connectivity index is 1.66. The summed E-state index contributed by atoms with van der Waals surface area (Å²) in [5, 5.41) is 3.78. The van der Waals surface area contributed by atoms with Gasteiger partial charge in [-0.25, -0.2) is 9.37 Å². The fourth-order valence-corrected chi connectivity index (χ4v) is 3.67. The molecule has 35 heavy (non-hydrogen) atoms. The molecule has 0 aliphatic heterocycles. The third-order valence-electron chi connectivity index (χ3n) is 5.51. The van der Waals surface area contributed by atoms with Crippen LogP contribution in [-0.4, -0.2) is 35.3 Å². The van der Waals surface area contributed by atoms with Crippen LogP contribution >= 0.6 is 0 Å². The lowest BCUT2D eigenvalue weighted by atomic mass is 10.1. The number of methoxy groups -OCH3 is 2. The number of anilines is 1. The van der Waals surface area contributed by atoms with E-state index in [9.17, 15) is 4.79 Å². The maximum Gasteiger partial charge on any atom is 0.262 e. The van der Waals surface area contributed by atoms with Crippen LogP contribution in [0.2, 0.25) is 0 Å². The van der Waals surface area contributed by atoms with E-state index in [1.807, 2.05) is 0 Å². The average molecular weight is 479 g/mol. The van der Waals surface area contributed by atoms with Crippen LogP contribution in [0.1, 0.15) is 13.8 Å². The molecule has 0 unspecified atom stereocenters. The van der Waals surface area contributed by atoms with Crippen molar-refractivity contribution in [1.82, 2.24) is 14.5 Å². The number of hydrogen-bond donors (Lipinski definition) is 1. The Morgan fingerprint density at radius 1 is 1.03 bits per heavy atom. The van der Waals surface area contributed by atoms with E-state index >= 15 is 4.39 Å². The molecule has 0 saturated heterocycles. The SMILES string of the molecule is COc1ccc2c(Oc3ccc(-c4cnc(NCC(C)C)n(C)c4=O)cc3F)ccnc2c1OC. The van der Waals surface area contributed by atoms with E-state index in [4.69, 9.17) is 14.2 Å². The van der Waals surface area contributed by atoms with Crippen molar-refractivity contribution in [2.24, 2.45) is 13.0 Å². The summed E-state index contributed by atoms with van der Waals surface area (Å²) in [5.74, 6) is 1.65. The van der Waals surface area contributed by atoms with Gasteiger partial charge in [0.15, 0.2) is 23.1 Å². The third kappa shape index (κ3) is 4.75. The Bertz CT molecular complexity index is 1440. The highest BCUT2D eigenvalue weighted by Crippen LogP contribution is 2.39. The van der Waals surface area contributed by atoms with Crippen molar-refractivity contribution < 1.29 is 18.6 Å². The minimum Gasteiger partial charge on any atom is -0.493 e. The molecule has 0 spiro atoms. The van der Waals surface area contributed by atoms with Crippen LogP contribution in [0.4, 0.5) is 10.3 Å². The summed E-state index contributed by atoms with van der Waals surface area (Å²) in [5.41, 5.74) is 0.950. The number of rotatable bonds is 8. The molecule has 0 atom stereocenters. The molecule has 0 bridgehead atoms. The maximum absolute atomic E-state index is 15.1. The lowest BCUT2D eigenvalue weighted by molar-refractivity contribution is 0.358. The van der Waals surface area contributed by atoms with Crippen molar-refractivity contribution in [2.75, 3.05) is 26.1 Å². The van der Waals surface area contributed by atoms with E-state index in [1.165, 1.54) is 30.0 Å². The minimum atomic E-state index is -0.614. The van der Waals surface area contributed by atoms with Gasteiger partial charge in [-0.15, -0.1) is 0 Å². The number of nitrogens with one attached hydrogen (secondary N) is 1. The van der Waals surface area contributed by atoms with Gasteiger partial charge in [0.2, 0.25) is 5.95 Å². The summed E-state index contributed by atoms with van der Waals surface area (Å²) in [6, 6.07) is 9.53. The molecular weight excluding hydrogens is 451 g/mol. The molecule has 8 nitrogen and oxygen atoms in total. The highest BCUT2D eigenvalue weighted by Gasteiger charge is 2.16. The van der Waals surface area contributed by atoms with Crippen LogP contribution in [0.25, 0.3) is 22.0 Å². The van der Waals surface area contributed by atoms with E-state index in [0.717, 1.165) is 0 Å². The number of pyridine rings is 1. The van der Waals surface area contributed by atoms with E-state index in [1.54, 1.807) is 44.6 Å². The minimum absolute atomic E-state index is 0.0102. The lowest BCUT2D eigenvalue weighted by Gasteiger charge is -2.14. The summed E-state index contributed by atoms with van der Waals surface area (Å²) in [7, 11) is 4.70. The standard InChI is InChI=1S/C26H27FN4O4/c1-15(2)13-29-26-30-14-18(25(32)31(26)3)16-6-8-21(19(27)12-16)35-20-10-11-28-23-17(20)7-9-22(33-4)24(23)34-5/h6-12,14-15H,13H2,1-5H3,(H,29,30). The predicted octanol–water partition coefficient (Wildman–Crippen LogP) is 5.01. The average Bonchev–Trinajstić information content (AvgIpc) is 2.85. The van der Waals surface area contributed by atoms with E-state index in [2.05, 4.69) is 29.1 Å². The number of hydrogen-bond acceptors (Lipinski definition) is 7. The predicted molar refractivity (Wildman–Crippen MR) is 133 cm³/mol. The Kier molecular flexibility index (Phi) is 6.86. The van der Waals surface area contributed by atoms with E-state index in [0.29, 0.717) is 57.7 Å². The van der Waals surface area contributed by atoms with Crippen LogP contribution in [-0.2, 0) is 7.05 Å². The van der Waals surface area contributed by atoms with Crippen LogP contribution < -0.4 is 25.1 Å². The molecule has 1 N–H and O–H groups in total. The number of aromatic nitrogens is 3. The van der Waals surface area contributed by atoms with Crippen molar-refractivity contribution in [2.45, 2.75) is 13.8 Å². The van der Waals surface area contributed by atoms with Crippen molar-refractivity contribution >= 4 is 16.9 Å². The van der Waals surface area contributed by atoms with Crippen molar-refractivity contribution in [3.8, 4) is 34.1 Å². The van der Waals surface area contributed by atoms with Gasteiger partial charge in [-0.2, -0.15) is 0 Å². The van der Waals surface area contributed by atoms with Crippen LogP contribution in [0.15, 0.2) is 53.6 Å². The number of nitrogens with zero attached hydrogens (tertiary/aromatic N) is 3. The second-order valence-electron chi connectivity index (χ2n) is 8.39. The van der Waals surface area contributed by atoms with Gasteiger partial charge in [0, 0.05) is 31.4 Å². The zero-order chi connectivity index (χ0) is 25.1. The zero-order valence-corrected chi connectivity index (χ0v) is 20.3. The smallest absolute Gasteiger partial charge is 0.262 e. The molecule has 4 rings (SSSR count).